The number of nitrogens with zero attached hydrogens (tertiary/aromatic N) is 1. The molecule has 1 heterocycles. The summed E-state index contributed by atoms with van der Waals surface area (Å²) in [5, 5.41) is 3.16. The molecule has 0 amide bonds. The van der Waals surface area contributed by atoms with Crippen molar-refractivity contribution in [1.29, 1.82) is 0 Å². The lowest BCUT2D eigenvalue weighted by Crippen LogP contribution is -2.47. The van der Waals surface area contributed by atoms with Gasteiger partial charge in [-0.2, -0.15) is 0 Å². The normalized spacial score (nSPS) is 17.2. The van der Waals surface area contributed by atoms with Crippen LogP contribution in [0.25, 0.3) is 0 Å². The summed E-state index contributed by atoms with van der Waals surface area (Å²) in [4.78, 5) is 1.68. The van der Waals surface area contributed by atoms with Crippen LogP contribution in [0.3, 0.4) is 0 Å². The third-order valence-corrected chi connectivity index (χ3v) is 3.39. The number of alkyl halides is 2. The predicted octanol–water partition coefficient (Wildman–Crippen LogP) is 3.53. The molecular weight excluding hydrogens is 335 g/mol. The van der Waals surface area contributed by atoms with Crippen molar-refractivity contribution in [2.75, 3.05) is 26.2 Å². The molecule has 1 N–H and O–H groups in total. The largest absolute Gasteiger partial charge is 0.314 e. The van der Waals surface area contributed by atoms with E-state index < -0.39 is 18.3 Å². The second-order valence-corrected chi connectivity index (χ2v) is 4.64. The molecule has 2 rings (SSSR count). The van der Waals surface area contributed by atoms with Crippen LogP contribution in [-0.4, -0.2) is 37.5 Å². The van der Waals surface area contributed by atoms with Gasteiger partial charge in [0.1, 0.15) is 5.82 Å². The highest BCUT2D eigenvalue weighted by Gasteiger charge is 2.31. The Morgan fingerprint density at radius 3 is 2.25 bits per heavy atom. The molecule has 0 saturated carbocycles. The van der Waals surface area contributed by atoms with Crippen molar-refractivity contribution < 1.29 is 13.2 Å². The van der Waals surface area contributed by atoms with Crippen LogP contribution in [0.5, 0.6) is 0 Å². The third kappa shape index (κ3) is 4.67. The van der Waals surface area contributed by atoms with Crippen LogP contribution in [0.2, 0.25) is 5.02 Å². The highest BCUT2D eigenvalue weighted by atomic mass is 35.5. The molecule has 0 aliphatic carbocycles. The minimum Gasteiger partial charge on any atom is -0.314 e. The topological polar surface area (TPSA) is 15.3 Å². The zero-order valence-corrected chi connectivity index (χ0v) is 12.9. The fourth-order valence-electron chi connectivity index (χ4n) is 2.19. The molecule has 116 valence electrons. The molecule has 20 heavy (non-hydrogen) atoms. The second kappa shape index (κ2) is 8.95. The molecule has 0 radical (unpaired) electrons. The summed E-state index contributed by atoms with van der Waals surface area (Å²) in [5.41, 5.74) is 0.287. The molecular formula is C12H16Cl3F3N2. The van der Waals surface area contributed by atoms with Gasteiger partial charge in [0.15, 0.2) is 0 Å². The Bertz CT molecular complexity index is 415. The molecule has 1 saturated heterocycles. The summed E-state index contributed by atoms with van der Waals surface area (Å²) >= 11 is 5.87. The average Bonchev–Trinajstić information content (AvgIpc) is 2.33. The summed E-state index contributed by atoms with van der Waals surface area (Å²) in [6.07, 6.45) is -2.55. The van der Waals surface area contributed by atoms with Crippen LogP contribution in [-0.2, 0) is 0 Å². The van der Waals surface area contributed by atoms with Gasteiger partial charge in [-0.3, -0.25) is 4.90 Å². The number of hydrogen-bond donors (Lipinski definition) is 1. The molecule has 1 fully saturated rings. The lowest BCUT2D eigenvalue weighted by molar-refractivity contribution is 0.0182. The maximum Gasteiger partial charge on any atom is 0.258 e. The first-order valence-electron chi connectivity index (χ1n) is 5.77. The van der Waals surface area contributed by atoms with Crippen molar-refractivity contribution in [3.63, 3.8) is 0 Å². The van der Waals surface area contributed by atoms with Crippen molar-refractivity contribution in [2.24, 2.45) is 0 Å². The first-order chi connectivity index (χ1) is 8.59. The van der Waals surface area contributed by atoms with Gasteiger partial charge >= 0.3 is 0 Å². The van der Waals surface area contributed by atoms with Crippen molar-refractivity contribution in [3.8, 4) is 0 Å². The van der Waals surface area contributed by atoms with E-state index in [9.17, 15) is 13.2 Å². The van der Waals surface area contributed by atoms with Gasteiger partial charge in [-0.05, 0) is 17.7 Å². The molecule has 0 aromatic heterocycles. The number of piperazine rings is 1. The fourth-order valence-corrected chi connectivity index (χ4v) is 2.47. The Labute approximate surface area is 133 Å². The van der Waals surface area contributed by atoms with Gasteiger partial charge in [0.25, 0.3) is 6.43 Å². The van der Waals surface area contributed by atoms with Crippen LogP contribution in [0, 0.1) is 5.82 Å². The molecule has 1 aromatic carbocycles. The summed E-state index contributed by atoms with van der Waals surface area (Å²) in [5.74, 6) is -0.517. The van der Waals surface area contributed by atoms with Crippen molar-refractivity contribution in [1.82, 2.24) is 10.2 Å². The number of hydrogen-bond acceptors (Lipinski definition) is 2. The molecule has 0 bridgehead atoms. The Kier molecular flexibility index (Phi) is 8.86. The Hall–Kier alpha value is -0.200. The molecule has 0 spiro atoms. The number of halogens is 6. The lowest BCUT2D eigenvalue weighted by atomic mass is 10.0. The van der Waals surface area contributed by atoms with E-state index in [2.05, 4.69) is 5.32 Å². The van der Waals surface area contributed by atoms with E-state index in [1.54, 1.807) is 4.90 Å². The van der Waals surface area contributed by atoms with Gasteiger partial charge in [-0.1, -0.05) is 17.7 Å². The third-order valence-electron chi connectivity index (χ3n) is 3.06. The zero-order chi connectivity index (χ0) is 13.1. The summed E-state index contributed by atoms with van der Waals surface area (Å²) in [6, 6.07) is 2.52. The van der Waals surface area contributed by atoms with Gasteiger partial charge in [-0.15, -0.1) is 24.8 Å². The smallest absolute Gasteiger partial charge is 0.258 e. The van der Waals surface area contributed by atoms with Crippen LogP contribution >= 0.6 is 36.4 Å². The van der Waals surface area contributed by atoms with E-state index in [1.165, 1.54) is 12.1 Å². The van der Waals surface area contributed by atoms with E-state index in [0.29, 0.717) is 26.2 Å². The summed E-state index contributed by atoms with van der Waals surface area (Å²) in [6.45, 7) is 2.40. The van der Waals surface area contributed by atoms with Crippen LogP contribution in [0.1, 0.15) is 11.6 Å². The van der Waals surface area contributed by atoms with Crippen LogP contribution in [0.4, 0.5) is 13.2 Å². The molecule has 1 aromatic rings. The molecule has 0 unspecified atom stereocenters. The van der Waals surface area contributed by atoms with E-state index >= 15 is 0 Å². The van der Waals surface area contributed by atoms with E-state index in [4.69, 9.17) is 11.6 Å². The standard InChI is InChI=1S/C12H14ClF3N2.2ClH/c13-10-7-8(14)1-2-9(10)11(12(15)16)18-5-3-17-4-6-18;;/h1-2,7,11-12,17H,3-6H2;2*1H/t11-;;/m1../s1. The van der Waals surface area contributed by atoms with E-state index in [-0.39, 0.29) is 35.4 Å². The van der Waals surface area contributed by atoms with Gasteiger partial charge < -0.3 is 5.32 Å². The van der Waals surface area contributed by atoms with Gasteiger partial charge in [0, 0.05) is 31.2 Å². The van der Waals surface area contributed by atoms with Gasteiger partial charge in [0.2, 0.25) is 0 Å². The summed E-state index contributed by atoms with van der Waals surface area (Å²) < 4.78 is 39.4. The van der Waals surface area contributed by atoms with Crippen LogP contribution in [0.15, 0.2) is 18.2 Å². The van der Waals surface area contributed by atoms with Gasteiger partial charge in [0.05, 0.1) is 6.04 Å². The van der Waals surface area contributed by atoms with Crippen molar-refractivity contribution in [3.05, 3.63) is 34.6 Å². The zero-order valence-electron chi connectivity index (χ0n) is 10.5. The minimum absolute atomic E-state index is 0. The average molecular weight is 352 g/mol. The molecule has 8 heteroatoms. The number of benzene rings is 1. The predicted molar refractivity (Wildman–Crippen MR) is 79.1 cm³/mol. The molecule has 1 atom stereocenters. The second-order valence-electron chi connectivity index (χ2n) is 4.23. The molecule has 2 nitrogen and oxygen atoms in total. The van der Waals surface area contributed by atoms with E-state index in [1.807, 2.05) is 0 Å². The Balaban J connectivity index is 0.00000180. The quantitative estimate of drug-likeness (QED) is 0.896. The van der Waals surface area contributed by atoms with Crippen molar-refractivity contribution in [2.45, 2.75) is 12.5 Å². The maximum absolute atomic E-state index is 13.2. The number of rotatable bonds is 3. The Morgan fingerprint density at radius 2 is 1.75 bits per heavy atom. The summed E-state index contributed by atoms with van der Waals surface area (Å²) in [7, 11) is 0. The molecule has 1 aliphatic rings. The molecule has 1 aliphatic heterocycles. The monoisotopic (exact) mass is 350 g/mol. The highest BCUT2D eigenvalue weighted by molar-refractivity contribution is 6.31. The first-order valence-corrected chi connectivity index (χ1v) is 6.15. The van der Waals surface area contributed by atoms with Gasteiger partial charge in [-0.25, -0.2) is 13.2 Å². The van der Waals surface area contributed by atoms with E-state index in [0.717, 1.165) is 6.07 Å². The first kappa shape index (κ1) is 19.8. The fraction of sp³-hybridized carbons (Fsp3) is 0.500. The van der Waals surface area contributed by atoms with Crippen molar-refractivity contribution >= 4 is 36.4 Å². The maximum atomic E-state index is 13.2. The SMILES string of the molecule is Cl.Cl.Fc1ccc([C@H](C(F)F)N2CCNCC2)c(Cl)c1. The number of nitrogens with one attached hydrogen (secondary N) is 1. The lowest BCUT2D eigenvalue weighted by Gasteiger charge is -2.35. The van der Waals surface area contributed by atoms with Crippen LogP contribution < -0.4 is 5.32 Å². The Morgan fingerprint density at radius 1 is 1.15 bits per heavy atom. The highest BCUT2D eigenvalue weighted by Crippen LogP contribution is 2.33. The minimum atomic E-state index is -2.55.